The van der Waals surface area contributed by atoms with E-state index in [0.29, 0.717) is 23.0 Å². The first-order valence-corrected chi connectivity index (χ1v) is 14.6. The van der Waals surface area contributed by atoms with Crippen molar-refractivity contribution in [2.24, 2.45) is 0 Å². The van der Waals surface area contributed by atoms with E-state index in [1.165, 1.54) is 18.5 Å². The van der Waals surface area contributed by atoms with Crippen LogP contribution in [0.3, 0.4) is 0 Å². The average Bonchev–Trinajstić information content (AvgIpc) is 3.50. The van der Waals surface area contributed by atoms with Gasteiger partial charge in [-0.2, -0.15) is 0 Å². The molecule has 5 rings (SSSR count). The molecule has 0 bridgehead atoms. The van der Waals surface area contributed by atoms with Crippen LogP contribution in [0.4, 0.5) is 15.9 Å². The smallest absolute Gasteiger partial charge is 0.243 e. The number of aryl methyl sites for hydroxylation is 1. The molecule has 3 N–H and O–H groups in total. The molecule has 43 heavy (non-hydrogen) atoms. The van der Waals surface area contributed by atoms with E-state index in [1.807, 2.05) is 36.4 Å². The average molecular weight is 603 g/mol. The zero-order valence-corrected chi connectivity index (χ0v) is 24.2. The summed E-state index contributed by atoms with van der Waals surface area (Å²) in [6.07, 6.45) is 7.50. The Morgan fingerprint density at radius 3 is 2.56 bits per heavy atom. The topological polar surface area (TPSA) is 110 Å². The number of hydrogen-bond acceptors (Lipinski definition) is 7. The summed E-state index contributed by atoms with van der Waals surface area (Å²) in [5.74, 6) is 2.22. The van der Waals surface area contributed by atoms with Crippen LogP contribution < -0.4 is 15.5 Å². The molecule has 0 atom stereocenters. The molecule has 0 unspecified atom stereocenters. The molecule has 2 heterocycles. The number of carbonyl (C=O) groups excluding carboxylic acids is 1. The summed E-state index contributed by atoms with van der Waals surface area (Å²) < 4.78 is 25.1. The van der Waals surface area contributed by atoms with Crippen LogP contribution in [0.25, 0.3) is 22.2 Å². The van der Waals surface area contributed by atoms with E-state index >= 15 is 0 Å². The second-order valence-electron chi connectivity index (χ2n) is 10.2. The van der Waals surface area contributed by atoms with E-state index in [1.54, 1.807) is 29.7 Å². The number of carbonyl (C=O) groups is 1. The zero-order valence-electron chi connectivity index (χ0n) is 23.5. The lowest BCUT2D eigenvalue weighted by Gasteiger charge is -2.12. The minimum Gasteiger partial charge on any atom is -0.487 e. The molecule has 0 aliphatic rings. The number of ether oxygens (including phenoxy) is 1. The lowest BCUT2D eigenvalue weighted by Crippen LogP contribution is -2.17. The van der Waals surface area contributed by atoms with E-state index in [2.05, 4.69) is 15.3 Å². The minimum absolute atomic E-state index is 0.272. The Balaban J connectivity index is 1.20. The van der Waals surface area contributed by atoms with Crippen molar-refractivity contribution in [1.82, 2.24) is 15.4 Å². The third kappa shape index (κ3) is 8.30. The summed E-state index contributed by atoms with van der Waals surface area (Å²) in [7, 11) is 0. The van der Waals surface area contributed by atoms with Crippen LogP contribution in [0.15, 0.2) is 83.5 Å². The normalized spacial score (nSPS) is 11.0. The lowest BCUT2D eigenvalue weighted by atomic mass is 10.1. The van der Waals surface area contributed by atoms with Gasteiger partial charge in [0.1, 0.15) is 41.8 Å². The van der Waals surface area contributed by atoms with E-state index in [0.717, 1.165) is 77.8 Å². The number of benzene rings is 3. The van der Waals surface area contributed by atoms with Crippen LogP contribution in [0.1, 0.15) is 49.8 Å². The molecule has 10 heteroatoms. The van der Waals surface area contributed by atoms with Gasteiger partial charge in [0.05, 0.1) is 10.5 Å². The summed E-state index contributed by atoms with van der Waals surface area (Å²) in [5.41, 5.74) is 4.94. The van der Waals surface area contributed by atoms with E-state index in [-0.39, 0.29) is 18.3 Å². The van der Waals surface area contributed by atoms with Crippen LogP contribution in [0.2, 0.25) is 5.02 Å². The van der Waals surface area contributed by atoms with Crippen molar-refractivity contribution in [3.63, 3.8) is 0 Å². The number of rotatable bonds is 14. The van der Waals surface area contributed by atoms with Crippen LogP contribution in [-0.2, 0) is 17.8 Å². The number of nitrogens with one attached hydrogen (secondary N) is 2. The van der Waals surface area contributed by atoms with Gasteiger partial charge < -0.3 is 14.5 Å². The maximum atomic E-state index is 13.2. The van der Waals surface area contributed by atoms with Crippen molar-refractivity contribution in [2.75, 3.05) is 5.32 Å². The molecule has 2 aromatic heterocycles. The number of hydroxylamine groups is 1. The number of hydrogen-bond donors (Lipinski definition) is 3. The fourth-order valence-electron chi connectivity index (χ4n) is 4.72. The van der Waals surface area contributed by atoms with Crippen LogP contribution in [0, 0.1) is 5.82 Å². The Morgan fingerprint density at radius 1 is 0.930 bits per heavy atom. The maximum absolute atomic E-state index is 13.2. The molecule has 0 saturated heterocycles. The Morgan fingerprint density at radius 2 is 1.74 bits per heavy atom. The van der Waals surface area contributed by atoms with Gasteiger partial charge in [-0.3, -0.25) is 10.0 Å². The summed E-state index contributed by atoms with van der Waals surface area (Å²) in [4.78, 5) is 20.0. The second-order valence-corrected chi connectivity index (χ2v) is 10.6. The standard InChI is InChI=1S/C33H32ClFN4O4/c34-28-19-25(13-16-31(28)42-20-22-8-11-24(35)12-9-22)38-33-27-18-23(10-15-29(27)36-21-37-33)30-17-14-26(43-30)6-4-2-1-3-5-7-32(40)39-41/h8-19,21,41H,1-7,20H2,(H,39,40)(H,36,37,38). The Kier molecular flexibility index (Phi) is 10.2. The van der Waals surface area contributed by atoms with Gasteiger partial charge in [0.25, 0.3) is 0 Å². The van der Waals surface area contributed by atoms with Crippen molar-refractivity contribution < 1.29 is 23.5 Å². The van der Waals surface area contributed by atoms with Gasteiger partial charge in [-0.1, -0.05) is 43.0 Å². The third-order valence-electron chi connectivity index (χ3n) is 7.04. The molecule has 0 saturated carbocycles. The van der Waals surface area contributed by atoms with Gasteiger partial charge in [-0.25, -0.2) is 19.8 Å². The predicted octanol–water partition coefficient (Wildman–Crippen LogP) is 8.39. The second kappa shape index (κ2) is 14.6. The summed E-state index contributed by atoms with van der Waals surface area (Å²) in [6.45, 7) is 0.272. The minimum atomic E-state index is -0.337. The maximum Gasteiger partial charge on any atom is 0.243 e. The molecular weight excluding hydrogens is 571 g/mol. The molecular formula is C33H32ClFN4O4. The first-order valence-electron chi connectivity index (χ1n) is 14.2. The Hall–Kier alpha value is -4.47. The molecule has 1 amide bonds. The number of unbranched alkanes of at least 4 members (excludes halogenated alkanes) is 4. The summed E-state index contributed by atoms with van der Waals surface area (Å²) in [5, 5.41) is 13.1. The molecule has 0 radical (unpaired) electrons. The number of anilines is 2. The largest absolute Gasteiger partial charge is 0.487 e. The highest BCUT2D eigenvalue weighted by molar-refractivity contribution is 6.32. The number of nitrogens with zero attached hydrogens (tertiary/aromatic N) is 2. The van der Waals surface area contributed by atoms with Crippen LogP contribution in [-0.4, -0.2) is 21.1 Å². The summed E-state index contributed by atoms with van der Waals surface area (Å²) >= 11 is 6.50. The molecule has 8 nitrogen and oxygen atoms in total. The van der Waals surface area contributed by atoms with Gasteiger partial charge in [-0.15, -0.1) is 0 Å². The van der Waals surface area contributed by atoms with Crippen molar-refractivity contribution >= 4 is 39.9 Å². The van der Waals surface area contributed by atoms with Crippen LogP contribution in [0.5, 0.6) is 5.75 Å². The monoisotopic (exact) mass is 602 g/mol. The first kappa shape index (κ1) is 30.0. The lowest BCUT2D eigenvalue weighted by molar-refractivity contribution is -0.129. The van der Waals surface area contributed by atoms with Gasteiger partial charge in [0.2, 0.25) is 5.91 Å². The third-order valence-corrected chi connectivity index (χ3v) is 7.33. The fraction of sp³-hybridized carbons (Fsp3) is 0.242. The quantitative estimate of drug-likeness (QED) is 0.0665. The van der Waals surface area contributed by atoms with E-state index in [9.17, 15) is 9.18 Å². The van der Waals surface area contributed by atoms with Gasteiger partial charge >= 0.3 is 0 Å². The number of halogens is 2. The van der Waals surface area contributed by atoms with Crippen molar-refractivity contribution in [3.8, 4) is 17.1 Å². The number of amides is 1. The fourth-order valence-corrected chi connectivity index (χ4v) is 4.96. The van der Waals surface area contributed by atoms with Crippen molar-refractivity contribution in [2.45, 2.75) is 51.6 Å². The highest BCUT2D eigenvalue weighted by Gasteiger charge is 2.11. The summed E-state index contributed by atoms with van der Waals surface area (Å²) in [6, 6.07) is 21.5. The molecule has 0 aliphatic carbocycles. The molecule has 0 spiro atoms. The molecule has 0 fully saturated rings. The van der Waals surface area contributed by atoms with Gasteiger partial charge in [-0.05, 0) is 79.1 Å². The highest BCUT2D eigenvalue weighted by atomic mass is 35.5. The van der Waals surface area contributed by atoms with Gasteiger partial charge in [0, 0.05) is 29.5 Å². The number of fused-ring (bicyclic) bond motifs is 1. The zero-order chi connectivity index (χ0) is 30.0. The van der Waals surface area contributed by atoms with Crippen molar-refractivity contribution in [1.29, 1.82) is 0 Å². The van der Waals surface area contributed by atoms with E-state index < -0.39 is 0 Å². The van der Waals surface area contributed by atoms with Gasteiger partial charge in [0.15, 0.2) is 0 Å². The first-order chi connectivity index (χ1) is 21.0. The van der Waals surface area contributed by atoms with Crippen molar-refractivity contribution in [3.05, 3.63) is 101 Å². The molecule has 5 aromatic rings. The number of aromatic nitrogens is 2. The predicted molar refractivity (Wildman–Crippen MR) is 164 cm³/mol. The number of furan rings is 1. The van der Waals surface area contributed by atoms with Crippen LogP contribution >= 0.6 is 11.6 Å². The Bertz CT molecular complexity index is 1680. The SMILES string of the molecule is O=C(CCCCCCCc1ccc(-c2ccc3ncnc(Nc4ccc(OCc5ccc(F)cc5)c(Cl)c4)c3c2)o1)NO. The highest BCUT2D eigenvalue weighted by Crippen LogP contribution is 2.33. The van der Waals surface area contributed by atoms with E-state index in [4.69, 9.17) is 26.0 Å². The molecule has 3 aromatic carbocycles. The molecule has 222 valence electrons. The Labute approximate surface area is 253 Å². The molecule has 0 aliphatic heterocycles.